The van der Waals surface area contributed by atoms with Crippen molar-refractivity contribution in [3.05, 3.63) is 12.7 Å². The zero-order valence-electron chi connectivity index (χ0n) is 7.23. The van der Waals surface area contributed by atoms with E-state index in [1.54, 1.807) is 0 Å². The van der Waals surface area contributed by atoms with E-state index >= 15 is 0 Å². The number of hydrogen-bond acceptors (Lipinski definition) is 5. The molecule has 1 heterocycles. The van der Waals surface area contributed by atoms with Crippen molar-refractivity contribution < 1.29 is 23.7 Å². The molecule has 0 aromatic heterocycles. The van der Waals surface area contributed by atoms with Gasteiger partial charge in [-0.1, -0.05) is 12.7 Å². The van der Waals surface area contributed by atoms with Crippen LogP contribution in [-0.4, -0.2) is 38.9 Å². The molecular weight excluding hydrogens is 176 g/mol. The van der Waals surface area contributed by atoms with Crippen LogP contribution in [-0.2, 0) is 18.9 Å². The monoisotopic (exact) mass is 188 g/mol. The minimum atomic E-state index is -0.713. The maximum atomic E-state index is 10.8. The first kappa shape index (κ1) is 10.0. The van der Waals surface area contributed by atoms with E-state index < -0.39 is 6.16 Å². The lowest BCUT2D eigenvalue weighted by Crippen LogP contribution is -2.21. The Kier molecular flexibility index (Phi) is 4.28. The Bertz CT molecular complexity index is 173. The first-order valence-electron chi connectivity index (χ1n) is 3.92. The zero-order chi connectivity index (χ0) is 9.52. The van der Waals surface area contributed by atoms with E-state index in [9.17, 15) is 4.79 Å². The lowest BCUT2D eigenvalue weighted by molar-refractivity contribution is 0.00349. The molecule has 0 aliphatic carbocycles. The molecule has 0 bridgehead atoms. The Labute approximate surface area is 76.2 Å². The third-order valence-electron chi connectivity index (χ3n) is 1.40. The van der Waals surface area contributed by atoms with Crippen LogP contribution in [0.5, 0.6) is 0 Å². The summed E-state index contributed by atoms with van der Waals surface area (Å²) in [6, 6.07) is 0. The van der Waals surface area contributed by atoms with Crippen LogP contribution in [0.3, 0.4) is 0 Å². The second-order valence-electron chi connectivity index (χ2n) is 2.44. The summed E-state index contributed by atoms with van der Waals surface area (Å²) in [5.74, 6) is 0. The lowest BCUT2D eigenvalue weighted by atomic mass is 10.4. The Hall–Kier alpha value is -1.07. The number of ether oxygens (including phenoxy) is 4. The van der Waals surface area contributed by atoms with Crippen molar-refractivity contribution in [2.75, 3.05) is 26.6 Å². The van der Waals surface area contributed by atoms with Gasteiger partial charge in [-0.25, -0.2) is 4.79 Å². The lowest BCUT2D eigenvalue weighted by Gasteiger charge is -2.07. The van der Waals surface area contributed by atoms with E-state index in [1.165, 1.54) is 6.08 Å². The third kappa shape index (κ3) is 3.91. The van der Waals surface area contributed by atoms with Gasteiger partial charge in [0.15, 0.2) is 0 Å². The Morgan fingerprint density at radius 1 is 1.62 bits per heavy atom. The number of carbonyl (C=O) groups excluding carboxylic acids is 1. The molecule has 0 radical (unpaired) electrons. The standard InChI is InChI=1S/C8H12O5/c1-2-3-11-8(9)12-5-7-4-10-6-13-7/h2,7H,1,3-6H2. The van der Waals surface area contributed by atoms with Crippen LogP contribution in [0.4, 0.5) is 4.79 Å². The van der Waals surface area contributed by atoms with Crippen LogP contribution in [0.15, 0.2) is 12.7 Å². The van der Waals surface area contributed by atoms with Gasteiger partial charge in [0.05, 0.1) is 6.61 Å². The molecule has 1 aliphatic rings. The van der Waals surface area contributed by atoms with Gasteiger partial charge in [-0.05, 0) is 0 Å². The summed E-state index contributed by atoms with van der Waals surface area (Å²) >= 11 is 0. The molecule has 13 heavy (non-hydrogen) atoms. The molecule has 0 aromatic rings. The first-order chi connectivity index (χ1) is 6.33. The van der Waals surface area contributed by atoms with Gasteiger partial charge in [0.1, 0.15) is 26.1 Å². The van der Waals surface area contributed by atoms with Crippen LogP contribution in [0, 0.1) is 0 Å². The van der Waals surface area contributed by atoms with Crippen molar-refractivity contribution in [3.63, 3.8) is 0 Å². The molecule has 1 rings (SSSR count). The Morgan fingerprint density at radius 3 is 3.08 bits per heavy atom. The fourth-order valence-electron chi connectivity index (χ4n) is 0.798. The molecule has 0 saturated carbocycles. The van der Waals surface area contributed by atoms with Crippen LogP contribution in [0.25, 0.3) is 0 Å². The largest absolute Gasteiger partial charge is 0.508 e. The van der Waals surface area contributed by atoms with Crippen LogP contribution < -0.4 is 0 Å². The van der Waals surface area contributed by atoms with Crippen molar-refractivity contribution in [1.82, 2.24) is 0 Å². The molecule has 1 atom stereocenters. The summed E-state index contributed by atoms with van der Waals surface area (Å²) in [5.41, 5.74) is 0. The predicted octanol–water partition coefficient (Wildman–Crippen LogP) is 0.699. The number of carbonyl (C=O) groups is 1. The molecule has 74 valence electrons. The average Bonchev–Trinajstić information content (AvgIpc) is 2.64. The number of hydrogen-bond donors (Lipinski definition) is 0. The molecule has 0 aromatic carbocycles. The molecule has 1 unspecified atom stereocenters. The summed E-state index contributed by atoms with van der Waals surface area (Å²) < 4.78 is 19.2. The molecule has 1 aliphatic heterocycles. The minimum Gasteiger partial charge on any atom is -0.431 e. The fraction of sp³-hybridized carbons (Fsp3) is 0.625. The summed E-state index contributed by atoms with van der Waals surface area (Å²) in [7, 11) is 0. The molecule has 0 N–H and O–H groups in total. The van der Waals surface area contributed by atoms with Crippen molar-refractivity contribution in [2.24, 2.45) is 0 Å². The van der Waals surface area contributed by atoms with Crippen molar-refractivity contribution in [2.45, 2.75) is 6.10 Å². The maximum absolute atomic E-state index is 10.8. The van der Waals surface area contributed by atoms with E-state index in [1.807, 2.05) is 0 Å². The molecule has 0 amide bonds. The van der Waals surface area contributed by atoms with Gasteiger partial charge < -0.3 is 18.9 Å². The summed E-state index contributed by atoms with van der Waals surface area (Å²) in [6.45, 7) is 4.42. The van der Waals surface area contributed by atoms with Crippen molar-refractivity contribution in [3.8, 4) is 0 Å². The Balaban J connectivity index is 2.03. The minimum absolute atomic E-state index is 0.154. The molecule has 5 heteroatoms. The van der Waals surface area contributed by atoms with E-state index in [4.69, 9.17) is 14.2 Å². The van der Waals surface area contributed by atoms with Gasteiger partial charge >= 0.3 is 6.16 Å². The van der Waals surface area contributed by atoms with Crippen LogP contribution >= 0.6 is 0 Å². The van der Waals surface area contributed by atoms with Gasteiger partial charge in [0, 0.05) is 0 Å². The quantitative estimate of drug-likeness (QED) is 0.480. The summed E-state index contributed by atoms with van der Waals surface area (Å²) in [4.78, 5) is 10.8. The van der Waals surface area contributed by atoms with Gasteiger partial charge in [0.25, 0.3) is 0 Å². The van der Waals surface area contributed by atoms with E-state index in [0.717, 1.165) is 0 Å². The number of rotatable bonds is 4. The third-order valence-corrected chi connectivity index (χ3v) is 1.40. The topological polar surface area (TPSA) is 54.0 Å². The van der Waals surface area contributed by atoms with Crippen molar-refractivity contribution in [1.29, 1.82) is 0 Å². The highest BCUT2D eigenvalue weighted by atomic mass is 16.7. The molecule has 5 nitrogen and oxygen atoms in total. The van der Waals surface area contributed by atoms with Crippen molar-refractivity contribution >= 4 is 6.16 Å². The van der Waals surface area contributed by atoms with Gasteiger partial charge in [-0.15, -0.1) is 0 Å². The SMILES string of the molecule is C=CCOC(=O)OCC1COCO1. The Morgan fingerprint density at radius 2 is 2.46 bits per heavy atom. The van der Waals surface area contributed by atoms with Gasteiger partial charge in [-0.2, -0.15) is 0 Å². The average molecular weight is 188 g/mol. The smallest absolute Gasteiger partial charge is 0.431 e. The highest BCUT2D eigenvalue weighted by molar-refractivity contribution is 5.59. The second kappa shape index (κ2) is 5.55. The summed E-state index contributed by atoms with van der Waals surface area (Å²) in [6.07, 6.45) is 0.586. The molecular formula is C8H12O5. The zero-order valence-corrected chi connectivity index (χ0v) is 7.23. The highest BCUT2D eigenvalue weighted by Crippen LogP contribution is 2.03. The predicted molar refractivity (Wildman–Crippen MR) is 43.2 cm³/mol. The maximum Gasteiger partial charge on any atom is 0.508 e. The van der Waals surface area contributed by atoms with Crippen LogP contribution in [0.2, 0.25) is 0 Å². The normalized spacial score (nSPS) is 21.1. The highest BCUT2D eigenvalue weighted by Gasteiger charge is 2.18. The fourth-order valence-corrected chi connectivity index (χ4v) is 0.798. The first-order valence-corrected chi connectivity index (χ1v) is 3.92. The van der Waals surface area contributed by atoms with Gasteiger partial charge in [-0.3, -0.25) is 0 Å². The molecule has 1 fully saturated rings. The molecule has 0 spiro atoms. The van der Waals surface area contributed by atoms with E-state index in [2.05, 4.69) is 11.3 Å². The second-order valence-corrected chi connectivity index (χ2v) is 2.44. The van der Waals surface area contributed by atoms with Gasteiger partial charge in [0.2, 0.25) is 0 Å². The summed E-state index contributed by atoms with van der Waals surface area (Å²) in [5, 5.41) is 0. The van der Waals surface area contributed by atoms with Crippen LogP contribution in [0.1, 0.15) is 0 Å². The van der Waals surface area contributed by atoms with E-state index in [-0.39, 0.29) is 26.1 Å². The molecule has 1 saturated heterocycles. The van der Waals surface area contributed by atoms with E-state index in [0.29, 0.717) is 6.61 Å².